The molecule has 0 saturated heterocycles. The molecule has 0 aliphatic heterocycles. The molecule has 6 heteroatoms. The molecular formula is C22H24N4O2. The van der Waals surface area contributed by atoms with E-state index in [0.717, 1.165) is 17.5 Å². The predicted octanol–water partition coefficient (Wildman–Crippen LogP) is 3.74. The van der Waals surface area contributed by atoms with Crippen LogP contribution in [0.4, 0.5) is 0 Å². The normalized spacial score (nSPS) is 12.4. The second-order valence-corrected chi connectivity index (χ2v) is 7.95. The predicted molar refractivity (Wildman–Crippen MR) is 109 cm³/mol. The largest absolute Gasteiger partial charge is 0.345 e. The van der Waals surface area contributed by atoms with Gasteiger partial charge in [0.15, 0.2) is 0 Å². The highest BCUT2D eigenvalue weighted by molar-refractivity contribution is 5.94. The Balaban J connectivity index is 1.79. The standard InChI is InChI=1S/C22H24N4O2/c1-22(2,3)12-19(17-5-4-10-23-13-17)26-21(28)16-8-6-15(7-9-16)18-11-20(27)25-14-24-18/h4-11,13-14,19H,12H2,1-3H3,(H,26,28)(H,24,25,27). The SMILES string of the molecule is CC(C)(C)CC(NC(=O)c1ccc(-c2cc(=O)[nH]cn2)cc1)c1cccnc1. The van der Waals surface area contributed by atoms with Crippen molar-refractivity contribution in [2.75, 3.05) is 0 Å². The Morgan fingerprint density at radius 3 is 2.54 bits per heavy atom. The Morgan fingerprint density at radius 1 is 1.18 bits per heavy atom. The Hall–Kier alpha value is -3.28. The van der Waals surface area contributed by atoms with Gasteiger partial charge in [-0.15, -0.1) is 0 Å². The highest BCUT2D eigenvalue weighted by Crippen LogP contribution is 2.29. The molecule has 0 aliphatic rings. The lowest BCUT2D eigenvalue weighted by Gasteiger charge is -2.27. The summed E-state index contributed by atoms with van der Waals surface area (Å²) in [5.74, 6) is -0.150. The molecule has 2 aromatic heterocycles. The molecule has 0 fully saturated rings. The van der Waals surface area contributed by atoms with Gasteiger partial charge in [-0.25, -0.2) is 4.98 Å². The fourth-order valence-corrected chi connectivity index (χ4v) is 3.01. The minimum Gasteiger partial charge on any atom is -0.345 e. The van der Waals surface area contributed by atoms with Crippen LogP contribution >= 0.6 is 0 Å². The van der Waals surface area contributed by atoms with Gasteiger partial charge in [0.2, 0.25) is 0 Å². The summed E-state index contributed by atoms with van der Waals surface area (Å²) in [6.07, 6.45) is 5.67. The van der Waals surface area contributed by atoms with E-state index < -0.39 is 0 Å². The number of carbonyl (C=O) groups is 1. The van der Waals surface area contributed by atoms with E-state index in [1.54, 1.807) is 36.7 Å². The number of carbonyl (C=O) groups excluding carboxylic acids is 1. The van der Waals surface area contributed by atoms with Crippen LogP contribution in [0.5, 0.6) is 0 Å². The lowest BCUT2D eigenvalue weighted by molar-refractivity contribution is 0.0926. The van der Waals surface area contributed by atoms with Crippen LogP contribution < -0.4 is 10.9 Å². The third-order valence-corrected chi connectivity index (χ3v) is 4.33. The summed E-state index contributed by atoms with van der Waals surface area (Å²) < 4.78 is 0. The van der Waals surface area contributed by atoms with Crippen LogP contribution in [0.3, 0.4) is 0 Å². The van der Waals surface area contributed by atoms with Crippen molar-refractivity contribution in [3.8, 4) is 11.3 Å². The van der Waals surface area contributed by atoms with Crippen molar-refractivity contribution in [3.63, 3.8) is 0 Å². The van der Waals surface area contributed by atoms with E-state index in [2.05, 4.69) is 41.0 Å². The van der Waals surface area contributed by atoms with Gasteiger partial charge in [0.25, 0.3) is 11.5 Å². The molecule has 0 spiro atoms. The maximum Gasteiger partial charge on any atom is 0.251 e. The molecule has 0 aliphatic carbocycles. The highest BCUT2D eigenvalue weighted by atomic mass is 16.1. The molecule has 3 aromatic rings. The van der Waals surface area contributed by atoms with E-state index >= 15 is 0 Å². The number of hydrogen-bond acceptors (Lipinski definition) is 4. The molecule has 28 heavy (non-hydrogen) atoms. The Labute approximate surface area is 164 Å². The average molecular weight is 376 g/mol. The third-order valence-electron chi connectivity index (χ3n) is 4.33. The second kappa shape index (κ2) is 8.17. The summed E-state index contributed by atoms with van der Waals surface area (Å²) >= 11 is 0. The molecule has 0 bridgehead atoms. The van der Waals surface area contributed by atoms with Gasteiger partial charge in [0, 0.05) is 29.6 Å². The summed E-state index contributed by atoms with van der Waals surface area (Å²) in [5.41, 5.74) is 2.71. The molecule has 1 amide bonds. The number of pyridine rings is 1. The molecule has 2 heterocycles. The van der Waals surface area contributed by atoms with Gasteiger partial charge in [-0.3, -0.25) is 14.6 Å². The summed E-state index contributed by atoms with van der Waals surface area (Å²) in [5, 5.41) is 3.12. The van der Waals surface area contributed by atoms with Gasteiger partial charge < -0.3 is 10.3 Å². The van der Waals surface area contributed by atoms with Crippen LogP contribution in [0.15, 0.2) is 66.0 Å². The van der Waals surface area contributed by atoms with Crippen molar-refractivity contribution >= 4 is 5.91 Å². The van der Waals surface area contributed by atoms with Crippen molar-refractivity contribution in [1.82, 2.24) is 20.3 Å². The minimum atomic E-state index is -0.215. The number of nitrogens with zero attached hydrogens (tertiary/aromatic N) is 2. The van der Waals surface area contributed by atoms with Gasteiger partial charge in [0.05, 0.1) is 18.1 Å². The van der Waals surface area contributed by atoms with Crippen LogP contribution in [-0.2, 0) is 0 Å². The van der Waals surface area contributed by atoms with Crippen LogP contribution in [0, 0.1) is 5.41 Å². The molecule has 0 saturated carbocycles. The first-order valence-electron chi connectivity index (χ1n) is 9.18. The van der Waals surface area contributed by atoms with E-state index in [0.29, 0.717) is 11.3 Å². The molecule has 1 aromatic carbocycles. The fourth-order valence-electron chi connectivity index (χ4n) is 3.01. The summed E-state index contributed by atoms with van der Waals surface area (Å²) in [7, 11) is 0. The zero-order chi connectivity index (χ0) is 20.1. The van der Waals surface area contributed by atoms with Gasteiger partial charge >= 0.3 is 0 Å². The average Bonchev–Trinajstić information content (AvgIpc) is 2.67. The van der Waals surface area contributed by atoms with Crippen LogP contribution in [0.2, 0.25) is 0 Å². The van der Waals surface area contributed by atoms with Gasteiger partial charge in [-0.2, -0.15) is 0 Å². The van der Waals surface area contributed by atoms with Crippen molar-refractivity contribution in [2.24, 2.45) is 5.41 Å². The Morgan fingerprint density at radius 2 is 1.93 bits per heavy atom. The van der Waals surface area contributed by atoms with Crippen molar-refractivity contribution in [2.45, 2.75) is 33.2 Å². The molecule has 0 radical (unpaired) electrons. The number of benzene rings is 1. The van der Waals surface area contributed by atoms with Gasteiger partial charge in [-0.1, -0.05) is 39.0 Å². The highest BCUT2D eigenvalue weighted by Gasteiger charge is 2.22. The van der Waals surface area contributed by atoms with E-state index in [-0.39, 0.29) is 22.9 Å². The zero-order valence-corrected chi connectivity index (χ0v) is 16.3. The third kappa shape index (κ3) is 5.13. The second-order valence-electron chi connectivity index (χ2n) is 7.95. The maximum atomic E-state index is 12.8. The van der Waals surface area contributed by atoms with E-state index in [4.69, 9.17) is 0 Å². The molecule has 1 atom stereocenters. The lowest BCUT2D eigenvalue weighted by atomic mass is 9.85. The number of hydrogen-bond donors (Lipinski definition) is 2. The monoisotopic (exact) mass is 376 g/mol. The van der Waals surface area contributed by atoms with Crippen molar-refractivity contribution in [1.29, 1.82) is 0 Å². The summed E-state index contributed by atoms with van der Waals surface area (Å²) in [6.45, 7) is 6.43. The number of nitrogens with one attached hydrogen (secondary N) is 2. The maximum absolute atomic E-state index is 12.8. The minimum absolute atomic E-state index is 0.0453. The van der Waals surface area contributed by atoms with Crippen LogP contribution in [0.25, 0.3) is 11.3 Å². The fraction of sp³-hybridized carbons (Fsp3) is 0.273. The van der Waals surface area contributed by atoms with Crippen LogP contribution in [0.1, 0.15) is 49.2 Å². The first-order chi connectivity index (χ1) is 13.3. The molecule has 6 nitrogen and oxygen atoms in total. The van der Waals surface area contributed by atoms with E-state index in [1.807, 2.05) is 12.1 Å². The number of H-pyrrole nitrogens is 1. The quantitative estimate of drug-likeness (QED) is 0.710. The smallest absolute Gasteiger partial charge is 0.251 e. The number of rotatable bonds is 5. The van der Waals surface area contributed by atoms with Gasteiger partial charge in [-0.05, 0) is 35.6 Å². The molecule has 144 valence electrons. The first-order valence-corrected chi connectivity index (χ1v) is 9.18. The zero-order valence-electron chi connectivity index (χ0n) is 16.3. The molecule has 3 rings (SSSR count). The Kier molecular flexibility index (Phi) is 5.68. The van der Waals surface area contributed by atoms with E-state index in [1.165, 1.54) is 12.4 Å². The number of amides is 1. The Bertz CT molecular complexity index is 989. The lowest BCUT2D eigenvalue weighted by Crippen LogP contribution is -2.31. The summed E-state index contributed by atoms with van der Waals surface area (Å²) in [4.78, 5) is 35.1. The molecule has 2 N–H and O–H groups in total. The summed E-state index contributed by atoms with van der Waals surface area (Å²) in [6, 6.07) is 12.2. The van der Waals surface area contributed by atoms with Crippen molar-refractivity contribution in [3.05, 3.63) is 82.7 Å². The topological polar surface area (TPSA) is 87.7 Å². The number of aromatic nitrogens is 3. The van der Waals surface area contributed by atoms with Gasteiger partial charge in [0.1, 0.15) is 0 Å². The molecule has 1 unspecified atom stereocenters. The number of aromatic amines is 1. The van der Waals surface area contributed by atoms with E-state index in [9.17, 15) is 9.59 Å². The first kappa shape index (κ1) is 19.5. The van der Waals surface area contributed by atoms with Crippen LogP contribution in [-0.4, -0.2) is 20.9 Å². The van der Waals surface area contributed by atoms with Crippen molar-refractivity contribution < 1.29 is 4.79 Å². The molecular weight excluding hydrogens is 352 g/mol.